The topological polar surface area (TPSA) is 98.1 Å². The van der Waals surface area contributed by atoms with Crippen LogP contribution in [-0.4, -0.2) is 33.7 Å². The summed E-state index contributed by atoms with van der Waals surface area (Å²) in [5, 5.41) is 7.89. The van der Waals surface area contributed by atoms with Crippen LogP contribution in [0.1, 0.15) is 24.8 Å². The van der Waals surface area contributed by atoms with Crippen molar-refractivity contribution in [2.24, 2.45) is 11.5 Å². The van der Waals surface area contributed by atoms with Crippen molar-refractivity contribution in [3.8, 4) is 0 Å². The van der Waals surface area contributed by atoms with E-state index in [0.29, 0.717) is 17.9 Å². The Morgan fingerprint density at radius 1 is 1.44 bits per heavy atom. The number of nitrogens with zero attached hydrogens (tertiary/aromatic N) is 3. The van der Waals surface area contributed by atoms with Gasteiger partial charge < -0.3 is 16.4 Å². The first-order chi connectivity index (χ1) is 8.61. The number of anilines is 1. The van der Waals surface area contributed by atoms with E-state index in [4.69, 9.17) is 23.7 Å². The van der Waals surface area contributed by atoms with E-state index in [1.807, 2.05) is 4.90 Å². The maximum absolute atomic E-state index is 11.5. The molecule has 1 aliphatic rings. The van der Waals surface area contributed by atoms with Gasteiger partial charge in [-0.15, -0.1) is 5.10 Å². The SMILES string of the molecule is NC(=O)C1CCCCN1c1nnccc1C(N)=S. The Morgan fingerprint density at radius 2 is 2.22 bits per heavy atom. The van der Waals surface area contributed by atoms with Crippen molar-refractivity contribution in [3.63, 3.8) is 0 Å². The molecule has 7 heteroatoms. The molecule has 2 rings (SSSR count). The zero-order valence-corrected chi connectivity index (χ0v) is 10.7. The molecule has 1 fully saturated rings. The molecule has 1 aliphatic heterocycles. The van der Waals surface area contributed by atoms with Crippen molar-refractivity contribution in [3.05, 3.63) is 17.8 Å². The van der Waals surface area contributed by atoms with Gasteiger partial charge in [0.05, 0.1) is 11.8 Å². The number of carbonyl (C=O) groups excluding carboxylic acids is 1. The van der Waals surface area contributed by atoms with E-state index < -0.39 is 0 Å². The first-order valence-corrected chi connectivity index (χ1v) is 6.19. The van der Waals surface area contributed by atoms with Crippen LogP contribution in [0.2, 0.25) is 0 Å². The average molecular weight is 265 g/mol. The fraction of sp³-hybridized carbons (Fsp3) is 0.455. The van der Waals surface area contributed by atoms with Crippen LogP contribution in [0.15, 0.2) is 12.3 Å². The highest BCUT2D eigenvalue weighted by molar-refractivity contribution is 7.80. The molecule has 96 valence electrons. The van der Waals surface area contributed by atoms with Crippen molar-refractivity contribution in [2.75, 3.05) is 11.4 Å². The summed E-state index contributed by atoms with van der Waals surface area (Å²) >= 11 is 4.99. The summed E-state index contributed by atoms with van der Waals surface area (Å²) in [5.74, 6) is 0.197. The number of carbonyl (C=O) groups is 1. The number of rotatable bonds is 3. The van der Waals surface area contributed by atoms with Crippen LogP contribution >= 0.6 is 12.2 Å². The van der Waals surface area contributed by atoms with Gasteiger partial charge in [0.2, 0.25) is 5.91 Å². The Kier molecular flexibility index (Phi) is 3.71. The van der Waals surface area contributed by atoms with Gasteiger partial charge in [0.15, 0.2) is 5.82 Å². The van der Waals surface area contributed by atoms with E-state index >= 15 is 0 Å². The Bertz CT molecular complexity index is 478. The quantitative estimate of drug-likeness (QED) is 0.744. The third-order valence-electron chi connectivity index (χ3n) is 3.07. The van der Waals surface area contributed by atoms with Gasteiger partial charge in [0, 0.05) is 6.54 Å². The second kappa shape index (κ2) is 5.26. The van der Waals surface area contributed by atoms with E-state index in [0.717, 1.165) is 19.3 Å². The minimum absolute atomic E-state index is 0.244. The van der Waals surface area contributed by atoms with Crippen LogP contribution in [0.4, 0.5) is 5.82 Å². The van der Waals surface area contributed by atoms with E-state index in [2.05, 4.69) is 10.2 Å². The molecule has 6 nitrogen and oxygen atoms in total. The summed E-state index contributed by atoms with van der Waals surface area (Å²) in [6.07, 6.45) is 4.22. The van der Waals surface area contributed by atoms with E-state index in [1.54, 1.807) is 6.07 Å². The number of piperidine rings is 1. The van der Waals surface area contributed by atoms with Crippen LogP contribution in [0, 0.1) is 0 Å². The normalized spacial score (nSPS) is 19.6. The number of amides is 1. The summed E-state index contributed by atoms with van der Waals surface area (Å²) in [4.78, 5) is 13.6. The third-order valence-corrected chi connectivity index (χ3v) is 3.29. The molecular weight excluding hydrogens is 250 g/mol. The molecule has 0 spiro atoms. The Hall–Kier alpha value is -1.76. The Labute approximate surface area is 110 Å². The zero-order chi connectivity index (χ0) is 13.1. The van der Waals surface area contributed by atoms with E-state index in [9.17, 15) is 4.79 Å². The molecule has 0 aromatic carbocycles. The molecule has 1 atom stereocenters. The molecule has 1 amide bonds. The first kappa shape index (κ1) is 12.7. The highest BCUT2D eigenvalue weighted by atomic mass is 32.1. The van der Waals surface area contributed by atoms with Crippen LogP contribution in [-0.2, 0) is 4.79 Å². The molecule has 0 bridgehead atoms. The number of aromatic nitrogens is 2. The van der Waals surface area contributed by atoms with E-state index in [1.165, 1.54) is 6.20 Å². The molecule has 1 saturated heterocycles. The van der Waals surface area contributed by atoms with Gasteiger partial charge in [-0.2, -0.15) is 5.10 Å². The maximum atomic E-state index is 11.5. The van der Waals surface area contributed by atoms with Gasteiger partial charge in [-0.1, -0.05) is 12.2 Å². The van der Waals surface area contributed by atoms with Crippen LogP contribution < -0.4 is 16.4 Å². The number of thiocarbonyl (C=S) groups is 1. The molecule has 1 unspecified atom stereocenters. The highest BCUT2D eigenvalue weighted by Crippen LogP contribution is 2.25. The fourth-order valence-electron chi connectivity index (χ4n) is 2.21. The van der Waals surface area contributed by atoms with Gasteiger partial charge >= 0.3 is 0 Å². The second-order valence-corrected chi connectivity index (χ2v) is 4.68. The third kappa shape index (κ3) is 2.40. The molecule has 1 aromatic rings. The molecular formula is C11H15N5OS. The summed E-state index contributed by atoms with van der Waals surface area (Å²) in [5.41, 5.74) is 11.7. The minimum Gasteiger partial charge on any atom is -0.389 e. The maximum Gasteiger partial charge on any atom is 0.240 e. The predicted octanol–water partition coefficient (Wildman–Crippen LogP) is -0.0450. The summed E-state index contributed by atoms with van der Waals surface area (Å²) < 4.78 is 0. The van der Waals surface area contributed by atoms with Gasteiger partial charge in [0.1, 0.15) is 11.0 Å². The lowest BCUT2D eigenvalue weighted by atomic mass is 10.0. The minimum atomic E-state index is -0.358. The van der Waals surface area contributed by atoms with Gasteiger partial charge in [-0.3, -0.25) is 4.79 Å². The second-order valence-electron chi connectivity index (χ2n) is 4.24. The van der Waals surface area contributed by atoms with Crippen molar-refractivity contribution in [1.29, 1.82) is 0 Å². The van der Waals surface area contributed by atoms with Crippen LogP contribution in [0.3, 0.4) is 0 Å². The average Bonchev–Trinajstić information content (AvgIpc) is 2.38. The Morgan fingerprint density at radius 3 is 2.89 bits per heavy atom. The lowest BCUT2D eigenvalue weighted by Crippen LogP contribution is -2.48. The largest absolute Gasteiger partial charge is 0.389 e. The van der Waals surface area contributed by atoms with Crippen molar-refractivity contribution < 1.29 is 4.79 Å². The van der Waals surface area contributed by atoms with Gasteiger partial charge in [-0.25, -0.2) is 0 Å². The monoisotopic (exact) mass is 265 g/mol. The Balaban J connectivity index is 2.39. The number of hydrogen-bond donors (Lipinski definition) is 2. The highest BCUT2D eigenvalue weighted by Gasteiger charge is 2.29. The lowest BCUT2D eigenvalue weighted by molar-refractivity contribution is -0.119. The van der Waals surface area contributed by atoms with Crippen molar-refractivity contribution in [1.82, 2.24) is 10.2 Å². The zero-order valence-electron chi connectivity index (χ0n) is 9.87. The lowest BCUT2D eigenvalue weighted by Gasteiger charge is -2.35. The fourth-order valence-corrected chi connectivity index (χ4v) is 2.37. The smallest absolute Gasteiger partial charge is 0.240 e. The summed E-state index contributed by atoms with van der Waals surface area (Å²) in [7, 11) is 0. The van der Waals surface area contributed by atoms with Crippen molar-refractivity contribution in [2.45, 2.75) is 25.3 Å². The van der Waals surface area contributed by atoms with Crippen LogP contribution in [0.5, 0.6) is 0 Å². The number of nitrogens with two attached hydrogens (primary N) is 2. The first-order valence-electron chi connectivity index (χ1n) is 5.78. The molecule has 0 aliphatic carbocycles. The molecule has 0 saturated carbocycles. The molecule has 2 heterocycles. The van der Waals surface area contributed by atoms with Gasteiger partial charge in [-0.05, 0) is 25.3 Å². The summed E-state index contributed by atoms with van der Waals surface area (Å²) in [6, 6.07) is 1.35. The van der Waals surface area contributed by atoms with E-state index in [-0.39, 0.29) is 16.9 Å². The standard InChI is InChI=1S/C11H15N5OS/c12-9(17)8-3-1-2-6-16(8)11-7(10(13)18)4-5-14-15-11/h4-5,8H,1-3,6H2,(H2,12,17)(H2,13,18). The molecule has 4 N–H and O–H groups in total. The summed E-state index contributed by atoms with van der Waals surface area (Å²) in [6.45, 7) is 0.710. The predicted molar refractivity (Wildman–Crippen MR) is 72.1 cm³/mol. The number of primary amides is 1. The number of hydrogen-bond acceptors (Lipinski definition) is 5. The van der Waals surface area contributed by atoms with Crippen LogP contribution in [0.25, 0.3) is 0 Å². The molecule has 0 radical (unpaired) electrons. The molecule has 18 heavy (non-hydrogen) atoms. The van der Waals surface area contributed by atoms with Crippen molar-refractivity contribution >= 4 is 28.9 Å². The molecule has 1 aromatic heterocycles. The van der Waals surface area contributed by atoms with Gasteiger partial charge in [0.25, 0.3) is 0 Å².